The summed E-state index contributed by atoms with van der Waals surface area (Å²) in [4.78, 5) is 27.3. The van der Waals surface area contributed by atoms with E-state index in [4.69, 9.17) is 0 Å². The molecule has 1 atom stereocenters. The SMILES string of the molecule is C[C@@H]1Cc2ccc(CNC(=O)c3ccc(Br)cc3)cc2N1C(=O)c1ccccc1. The summed E-state index contributed by atoms with van der Waals surface area (Å²) in [6.45, 7) is 2.47. The van der Waals surface area contributed by atoms with Gasteiger partial charge in [-0.25, -0.2) is 0 Å². The third-order valence-corrected chi connectivity index (χ3v) is 5.69. The summed E-state index contributed by atoms with van der Waals surface area (Å²) in [5.74, 6) is -0.114. The zero-order chi connectivity index (χ0) is 20.4. The zero-order valence-corrected chi connectivity index (χ0v) is 17.6. The molecule has 0 bridgehead atoms. The van der Waals surface area contributed by atoms with Gasteiger partial charge in [0.25, 0.3) is 11.8 Å². The lowest BCUT2D eigenvalue weighted by Gasteiger charge is -2.23. The topological polar surface area (TPSA) is 49.4 Å². The van der Waals surface area contributed by atoms with Crippen molar-refractivity contribution in [3.05, 3.63) is 99.5 Å². The third kappa shape index (κ3) is 4.10. The van der Waals surface area contributed by atoms with Crippen molar-refractivity contribution in [2.45, 2.75) is 25.9 Å². The van der Waals surface area contributed by atoms with Crippen LogP contribution in [0.15, 0.2) is 77.3 Å². The number of hydrogen-bond donors (Lipinski definition) is 1. The van der Waals surface area contributed by atoms with Crippen LogP contribution in [-0.2, 0) is 13.0 Å². The van der Waals surface area contributed by atoms with Gasteiger partial charge in [-0.15, -0.1) is 0 Å². The van der Waals surface area contributed by atoms with E-state index in [9.17, 15) is 9.59 Å². The van der Waals surface area contributed by atoms with Crippen molar-refractivity contribution in [1.29, 1.82) is 0 Å². The molecule has 0 saturated carbocycles. The first-order valence-corrected chi connectivity index (χ1v) is 10.4. The minimum atomic E-state index is -0.122. The van der Waals surface area contributed by atoms with Gasteiger partial charge in [0.05, 0.1) is 0 Å². The highest BCUT2D eigenvalue weighted by Crippen LogP contribution is 2.34. The Morgan fingerprint density at radius 3 is 2.45 bits per heavy atom. The van der Waals surface area contributed by atoms with Crippen molar-refractivity contribution in [2.75, 3.05) is 4.90 Å². The van der Waals surface area contributed by atoms with Gasteiger partial charge in [-0.3, -0.25) is 9.59 Å². The molecule has 1 N–H and O–H groups in total. The molecule has 1 aliphatic rings. The molecule has 1 aliphatic heterocycles. The fourth-order valence-electron chi connectivity index (χ4n) is 3.68. The van der Waals surface area contributed by atoms with Crippen molar-refractivity contribution in [1.82, 2.24) is 5.32 Å². The number of amides is 2. The van der Waals surface area contributed by atoms with Crippen molar-refractivity contribution in [3.63, 3.8) is 0 Å². The Bertz CT molecular complexity index is 1050. The number of carbonyl (C=O) groups is 2. The highest BCUT2D eigenvalue weighted by atomic mass is 79.9. The molecule has 5 heteroatoms. The van der Waals surface area contributed by atoms with E-state index >= 15 is 0 Å². The van der Waals surface area contributed by atoms with Gasteiger partial charge in [-0.1, -0.05) is 46.3 Å². The molecule has 29 heavy (non-hydrogen) atoms. The van der Waals surface area contributed by atoms with Crippen LogP contribution in [0.4, 0.5) is 5.69 Å². The fourth-order valence-corrected chi connectivity index (χ4v) is 3.94. The molecule has 1 heterocycles. The molecular weight excluding hydrogens is 428 g/mol. The molecule has 2 amide bonds. The summed E-state index contributed by atoms with van der Waals surface area (Å²) in [6.07, 6.45) is 0.833. The Balaban J connectivity index is 1.52. The second-order valence-corrected chi connectivity index (χ2v) is 8.16. The molecule has 4 rings (SSSR count). The predicted octanol–water partition coefficient (Wildman–Crippen LogP) is 4.97. The number of nitrogens with zero attached hydrogens (tertiary/aromatic N) is 1. The standard InChI is InChI=1S/C24H21BrN2O2/c1-16-13-20-8-7-17(15-26-23(28)18-9-11-21(25)12-10-18)14-22(20)27(16)24(29)19-5-3-2-4-6-19/h2-12,14,16H,13,15H2,1H3,(H,26,28)/t16-/m1/s1. The molecule has 3 aromatic rings. The summed E-state index contributed by atoms with van der Waals surface area (Å²) in [5, 5.41) is 2.96. The fraction of sp³-hybridized carbons (Fsp3) is 0.167. The molecule has 0 unspecified atom stereocenters. The number of nitrogens with one attached hydrogen (secondary N) is 1. The van der Waals surface area contributed by atoms with Gasteiger partial charge < -0.3 is 10.2 Å². The first-order valence-electron chi connectivity index (χ1n) is 9.57. The predicted molar refractivity (Wildman–Crippen MR) is 118 cm³/mol. The van der Waals surface area contributed by atoms with E-state index in [1.165, 1.54) is 0 Å². The van der Waals surface area contributed by atoms with Gasteiger partial charge in [0.15, 0.2) is 0 Å². The Morgan fingerprint density at radius 1 is 1.00 bits per heavy atom. The van der Waals surface area contributed by atoms with Crippen LogP contribution in [0, 0.1) is 0 Å². The van der Waals surface area contributed by atoms with E-state index in [0.717, 1.165) is 27.7 Å². The van der Waals surface area contributed by atoms with E-state index < -0.39 is 0 Å². The summed E-state index contributed by atoms with van der Waals surface area (Å²) >= 11 is 3.37. The lowest BCUT2D eigenvalue weighted by Crippen LogP contribution is -2.35. The Kier molecular flexibility index (Phi) is 5.49. The maximum atomic E-state index is 13.1. The van der Waals surface area contributed by atoms with E-state index in [2.05, 4.69) is 34.2 Å². The highest BCUT2D eigenvalue weighted by Gasteiger charge is 2.31. The first-order chi connectivity index (χ1) is 14.0. The summed E-state index contributed by atoms with van der Waals surface area (Å²) in [7, 11) is 0. The number of halogens is 1. The van der Waals surface area contributed by atoms with Gasteiger partial charge in [0, 0.05) is 33.9 Å². The second kappa shape index (κ2) is 8.21. The lowest BCUT2D eigenvalue weighted by molar-refractivity contribution is 0.0948. The molecule has 0 radical (unpaired) electrons. The number of rotatable bonds is 4. The van der Waals surface area contributed by atoms with Crippen LogP contribution < -0.4 is 10.2 Å². The van der Waals surface area contributed by atoms with E-state index in [-0.39, 0.29) is 17.9 Å². The number of fused-ring (bicyclic) bond motifs is 1. The maximum absolute atomic E-state index is 13.1. The Labute approximate surface area is 178 Å². The van der Waals surface area contributed by atoms with Crippen LogP contribution >= 0.6 is 15.9 Å². The number of benzene rings is 3. The number of hydrogen-bond acceptors (Lipinski definition) is 2. The monoisotopic (exact) mass is 448 g/mol. The summed E-state index contributed by atoms with van der Waals surface area (Å²) in [6, 6.07) is 22.8. The Hall–Kier alpha value is -2.92. The average Bonchev–Trinajstić information content (AvgIpc) is 3.07. The maximum Gasteiger partial charge on any atom is 0.258 e. The minimum absolute atomic E-state index is 0.00731. The van der Waals surface area contributed by atoms with Crippen LogP contribution in [-0.4, -0.2) is 17.9 Å². The largest absolute Gasteiger partial charge is 0.348 e. The molecule has 0 saturated heterocycles. The van der Waals surface area contributed by atoms with Crippen LogP contribution in [0.3, 0.4) is 0 Å². The van der Waals surface area contributed by atoms with Gasteiger partial charge in [0.2, 0.25) is 0 Å². The average molecular weight is 449 g/mol. The van der Waals surface area contributed by atoms with E-state index in [1.807, 2.05) is 59.5 Å². The van der Waals surface area contributed by atoms with Crippen molar-refractivity contribution in [3.8, 4) is 0 Å². The smallest absolute Gasteiger partial charge is 0.258 e. The lowest BCUT2D eigenvalue weighted by atomic mass is 10.1. The number of anilines is 1. The molecular formula is C24H21BrN2O2. The normalized spacial score (nSPS) is 15.1. The first kappa shape index (κ1) is 19.4. The van der Waals surface area contributed by atoms with Gasteiger partial charge in [-0.2, -0.15) is 0 Å². The van der Waals surface area contributed by atoms with Gasteiger partial charge in [-0.05, 0) is 66.9 Å². The quantitative estimate of drug-likeness (QED) is 0.612. The minimum Gasteiger partial charge on any atom is -0.348 e. The van der Waals surface area contributed by atoms with Crippen LogP contribution in [0.1, 0.15) is 38.8 Å². The third-order valence-electron chi connectivity index (χ3n) is 5.16. The number of carbonyl (C=O) groups excluding carboxylic acids is 2. The second-order valence-electron chi connectivity index (χ2n) is 7.25. The molecule has 0 aliphatic carbocycles. The highest BCUT2D eigenvalue weighted by molar-refractivity contribution is 9.10. The summed E-state index contributed by atoms with van der Waals surface area (Å²) < 4.78 is 0.935. The molecule has 0 aromatic heterocycles. The van der Waals surface area contributed by atoms with Crippen LogP contribution in [0.2, 0.25) is 0 Å². The Morgan fingerprint density at radius 2 is 1.72 bits per heavy atom. The van der Waals surface area contributed by atoms with Gasteiger partial charge >= 0.3 is 0 Å². The molecule has 0 fully saturated rings. The van der Waals surface area contributed by atoms with Crippen molar-refractivity contribution < 1.29 is 9.59 Å². The zero-order valence-electron chi connectivity index (χ0n) is 16.1. The van der Waals surface area contributed by atoms with Gasteiger partial charge in [0.1, 0.15) is 0 Å². The van der Waals surface area contributed by atoms with E-state index in [1.54, 1.807) is 12.1 Å². The van der Waals surface area contributed by atoms with Crippen molar-refractivity contribution in [2.24, 2.45) is 0 Å². The summed E-state index contributed by atoms with van der Waals surface area (Å²) in [5.41, 5.74) is 4.35. The van der Waals surface area contributed by atoms with Crippen LogP contribution in [0.5, 0.6) is 0 Å². The van der Waals surface area contributed by atoms with Crippen molar-refractivity contribution >= 4 is 33.4 Å². The molecule has 3 aromatic carbocycles. The van der Waals surface area contributed by atoms with Crippen LogP contribution in [0.25, 0.3) is 0 Å². The molecule has 146 valence electrons. The van der Waals surface area contributed by atoms with E-state index in [0.29, 0.717) is 17.7 Å². The molecule has 0 spiro atoms. The molecule has 4 nitrogen and oxygen atoms in total.